The molecule has 0 aliphatic heterocycles. The van der Waals surface area contributed by atoms with E-state index in [-0.39, 0.29) is 25.4 Å². The Morgan fingerprint density at radius 2 is 1.65 bits per heavy atom. The van der Waals surface area contributed by atoms with Crippen molar-refractivity contribution in [2.45, 2.75) is 29.8 Å². The van der Waals surface area contributed by atoms with E-state index >= 15 is 0 Å². The van der Waals surface area contributed by atoms with Gasteiger partial charge in [-0.15, -0.1) is 0 Å². The molecule has 0 bridgehead atoms. The second-order valence-electron chi connectivity index (χ2n) is 6.42. The fraction of sp³-hybridized carbons (Fsp3) is 0.400. The van der Waals surface area contributed by atoms with Crippen molar-refractivity contribution in [3.8, 4) is 0 Å². The molecule has 31 heavy (non-hydrogen) atoms. The molecule has 0 saturated heterocycles. The van der Waals surface area contributed by atoms with Crippen molar-refractivity contribution in [3.63, 3.8) is 0 Å². The van der Waals surface area contributed by atoms with Crippen LogP contribution in [0.4, 0.5) is 4.79 Å². The summed E-state index contributed by atoms with van der Waals surface area (Å²) >= 11 is 16.7. The Balaban J connectivity index is 2.26. The largest absolute Gasteiger partial charge is 0.445 e. The molecule has 0 fully saturated rings. The van der Waals surface area contributed by atoms with Gasteiger partial charge in [0.1, 0.15) is 12.4 Å². The Morgan fingerprint density at radius 3 is 2.23 bits per heavy atom. The number of benzene rings is 2. The standard InChI is InChI=1S/C20H23Cl3NO6P/c1-3-29-31(27,30-4-2)18(24-19(26)28-13-20(21,22)23)12-17(25)16-10-9-14-7-5-6-8-15(14)11-16/h5-11,18H,3-4,12-13H2,1-2H3,(H,24,26)/t18-/m1/s1. The molecule has 1 atom stereocenters. The highest BCUT2D eigenvalue weighted by molar-refractivity contribution is 7.54. The van der Waals surface area contributed by atoms with Crippen molar-refractivity contribution in [2.75, 3.05) is 19.8 Å². The fourth-order valence-electron chi connectivity index (χ4n) is 2.80. The molecular formula is C20H23Cl3NO6P. The van der Waals surface area contributed by atoms with Gasteiger partial charge >= 0.3 is 13.7 Å². The number of ketones is 1. The first-order valence-electron chi connectivity index (χ1n) is 9.48. The number of hydrogen-bond acceptors (Lipinski definition) is 6. The number of alkyl halides is 3. The van der Waals surface area contributed by atoms with Crippen LogP contribution in [-0.4, -0.2) is 41.3 Å². The lowest BCUT2D eigenvalue weighted by Crippen LogP contribution is -2.39. The predicted octanol–water partition coefficient (Wildman–Crippen LogP) is 6.10. The molecule has 0 spiro atoms. The van der Waals surface area contributed by atoms with Crippen molar-refractivity contribution in [2.24, 2.45) is 0 Å². The highest BCUT2D eigenvalue weighted by Gasteiger charge is 2.39. The minimum Gasteiger partial charge on any atom is -0.445 e. The molecular weight excluding hydrogens is 488 g/mol. The quantitative estimate of drug-likeness (QED) is 0.236. The minimum atomic E-state index is -3.90. The smallest absolute Gasteiger partial charge is 0.408 e. The van der Waals surface area contributed by atoms with Crippen LogP contribution in [0.3, 0.4) is 0 Å². The number of amides is 1. The van der Waals surface area contributed by atoms with Crippen LogP contribution in [0.5, 0.6) is 0 Å². The Hall–Kier alpha value is -1.34. The molecule has 2 aromatic carbocycles. The van der Waals surface area contributed by atoms with Crippen LogP contribution in [0, 0.1) is 0 Å². The lowest BCUT2D eigenvalue weighted by Gasteiger charge is -2.26. The normalized spacial score (nSPS) is 13.1. The molecule has 0 unspecified atom stereocenters. The Morgan fingerprint density at radius 1 is 1.03 bits per heavy atom. The van der Waals surface area contributed by atoms with Gasteiger partial charge in [-0.2, -0.15) is 0 Å². The van der Waals surface area contributed by atoms with Crippen molar-refractivity contribution in [1.82, 2.24) is 5.32 Å². The van der Waals surface area contributed by atoms with E-state index < -0.39 is 29.9 Å². The van der Waals surface area contributed by atoms with Gasteiger partial charge in [0.2, 0.25) is 3.79 Å². The number of alkyl carbamates (subject to hydrolysis) is 1. The van der Waals surface area contributed by atoms with Crippen molar-refractivity contribution in [3.05, 3.63) is 48.0 Å². The average molecular weight is 511 g/mol. The SMILES string of the molecule is CCOP(=O)(OCC)[C@H](CC(=O)c1ccc2ccccc2c1)NC(=O)OCC(Cl)(Cl)Cl. The van der Waals surface area contributed by atoms with E-state index in [2.05, 4.69) is 5.32 Å². The second-order valence-corrected chi connectivity index (χ2v) is 11.2. The summed E-state index contributed by atoms with van der Waals surface area (Å²) in [5.41, 5.74) is 0.389. The highest BCUT2D eigenvalue weighted by atomic mass is 35.6. The molecule has 2 aromatic rings. The third kappa shape index (κ3) is 7.94. The van der Waals surface area contributed by atoms with Gasteiger partial charge in [0.05, 0.1) is 13.2 Å². The minimum absolute atomic E-state index is 0.0445. The number of nitrogens with one attached hydrogen (secondary N) is 1. The number of ether oxygens (including phenoxy) is 1. The first-order valence-corrected chi connectivity index (χ1v) is 12.2. The zero-order chi connectivity index (χ0) is 23.1. The van der Waals surface area contributed by atoms with Gasteiger partial charge in [0, 0.05) is 12.0 Å². The molecule has 7 nitrogen and oxygen atoms in total. The number of Topliss-reactive ketones (excluding diaryl/α,β-unsaturated/α-hetero) is 1. The number of carbonyl (C=O) groups is 2. The topological polar surface area (TPSA) is 90.9 Å². The third-order valence-corrected chi connectivity index (χ3v) is 6.74. The van der Waals surface area contributed by atoms with Crippen molar-refractivity contribution < 1.29 is 27.9 Å². The van der Waals surface area contributed by atoms with Crippen LogP contribution in [-0.2, 0) is 18.3 Å². The maximum atomic E-state index is 13.3. The molecule has 1 amide bonds. The Kier molecular flexibility index (Phi) is 9.62. The van der Waals surface area contributed by atoms with E-state index in [1.54, 1.807) is 26.0 Å². The van der Waals surface area contributed by atoms with E-state index in [0.29, 0.717) is 5.56 Å². The first kappa shape index (κ1) is 25.9. The number of halogens is 3. The molecule has 0 heterocycles. The summed E-state index contributed by atoms with van der Waals surface area (Å²) < 4.78 is 26.9. The Labute approximate surface area is 195 Å². The lowest BCUT2D eigenvalue weighted by atomic mass is 10.0. The molecule has 11 heteroatoms. The summed E-state index contributed by atoms with van der Waals surface area (Å²) in [5, 5.41) is 4.21. The van der Waals surface area contributed by atoms with Gasteiger partial charge < -0.3 is 19.1 Å². The molecule has 0 radical (unpaired) electrons. The number of carbonyl (C=O) groups excluding carboxylic acids is 2. The van der Waals surface area contributed by atoms with Crippen LogP contribution in [0.15, 0.2) is 42.5 Å². The van der Waals surface area contributed by atoms with E-state index in [1.165, 1.54) is 0 Å². The summed E-state index contributed by atoms with van der Waals surface area (Å²) in [6.07, 6.45) is -1.37. The molecule has 0 aliphatic carbocycles. The third-order valence-electron chi connectivity index (χ3n) is 4.10. The van der Waals surface area contributed by atoms with E-state index in [4.69, 9.17) is 48.6 Å². The number of rotatable bonds is 10. The van der Waals surface area contributed by atoms with Gasteiger partial charge in [0.25, 0.3) is 0 Å². The maximum Gasteiger partial charge on any atom is 0.408 e. The highest BCUT2D eigenvalue weighted by Crippen LogP contribution is 2.53. The first-order chi connectivity index (χ1) is 14.6. The van der Waals surface area contributed by atoms with Crippen LogP contribution < -0.4 is 5.32 Å². The van der Waals surface area contributed by atoms with Crippen LogP contribution >= 0.6 is 42.4 Å². The van der Waals surface area contributed by atoms with Crippen LogP contribution in [0.25, 0.3) is 10.8 Å². The zero-order valence-electron chi connectivity index (χ0n) is 17.0. The number of hydrogen-bond donors (Lipinski definition) is 1. The number of fused-ring (bicyclic) bond motifs is 1. The van der Waals surface area contributed by atoms with E-state index in [9.17, 15) is 14.2 Å². The van der Waals surface area contributed by atoms with Crippen molar-refractivity contribution in [1.29, 1.82) is 0 Å². The van der Waals surface area contributed by atoms with Gasteiger partial charge in [-0.25, -0.2) is 4.79 Å². The zero-order valence-corrected chi connectivity index (χ0v) is 20.1. The van der Waals surface area contributed by atoms with Crippen LogP contribution in [0.2, 0.25) is 0 Å². The fourth-order valence-corrected chi connectivity index (χ4v) is 4.77. The Bertz CT molecular complexity index is 955. The average Bonchev–Trinajstić information content (AvgIpc) is 2.71. The monoisotopic (exact) mass is 509 g/mol. The second kappa shape index (κ2) is 11.5. The van der Waals surface area contributed by atoms with Crippen molar-refractivity contribution >= 4 is 65.0 Å². The van der Waals surface area contributed by atoms with Gasteiger partial charge in [-0.05, 0) is 30.7 Å². The van der Waals surface area contributed by atoms with E-state index in [1.807, 2.05) is 30.3 Å². The lowest BCUT2D eigenvalue weighted by molar-refractivity contribution is 0.0965. The molecule has 0 aromatic heterocycles. The molecule has 2 rings (SSSR count). The predicted molar refractivity (Wildman–Crippen MR) is 122 cm³/mol. The summed E-state index contributed by atoms with van der Waals surface area (Å²) in [5.74, 6) is -1.66. The summed E-state index contributed by atoms with van der Waals surface area (Å²) in [4.78, 5) is 25.2. The van der Waals surface area contributed by atoms with E-state index in [0.717, 1.165) is 10.8 Å². The summed E-state index contributed by atoms with van der Waals surface area (Å²) in [6.45, 7) is 2.79. The summed E-state index contributed by atoms with van der Waals surface area (Å²) in [6, 6.07) is 12.8. The molecule has 0 aliphatic rings. The summed E-state index contributed by atoms with van der Waals surface area (Å²) in [7, 11) is -3.90. The van der Waals surface area contributed by atoms with Gasteiger partial charge in [-0.3, -0.25) is 9.36 Å². The molecule has 170 valence electrons. The van der Waals surface area contributed by atoms with Crippen LogP contribution in [0.1, 0.15) is 30.6 Å². The van der Waals surface area contributed by atoms with Gasteiger partial charge in [-0.1, -0.05) is 71.2 Å². The molecule has 1 N–H and O–H groups in total. The van der Waals surface area contributed by atoms with Gasteiger partial charge in [0.15, 0.2) is 5.78 Å². The maximum absolute atomic E-state index is 13.3. The molecule has 0 saturated carbocycles.